The molecule has 0 spiro atoms. The molecular formula is C9H14N4S. The van der Waals surface area contributed by atoms with Crippen LogP contribution in [0.2, 0.25) is 0 Å². The average molecular weight is 210 g/mol. The Hall–Kier alpha value is -0.970. The van der Waals surface area contributed by atoms with Crippen LogP contribution in [0.5, 0.6) is 0 Å². The van der Waals surface area contributed by atoms with Crippen molar-refractivity contribution >= 4 is 23.4 Å². The highest BCUT2D eigenvalue weighted by atomic mass is 32.2. The number of nitrogen functional groups attached to an aromatic ring is 1. The Balaban J connectivity index is 2.20. The molecule has 2 rings (SSSR count). The minimum absolute atomic E-state index is 0.233. The standard InChI is InChI=1S/C9H14N4S/c1-9(3-4-9)13-7-5-6(10)11-8(12-7)14-2/h5H,3-4H2,1-2H3,(H3,10,11,12,13). The maximum atomic E-state index is 5.67. The second-order valence-corrected chi connectivity index (χ2v) is 4.62. The first kappa shape index (κ1) is 9.58. The molecule has 1 aromatic heterocycles. The van der Waals surface area contributed by atoms with Crippen LogP contribution in [0.25, 0.3) is 0 Å². The van der Waals surface area contributed by atoms with E-state index >= 15 is 0 Å². The summed E-state index contributed by atoms with van der Waals surface area (Å²) in [6, 6.07) is 1.78. The van der Waals surface area contributed by atoms with Crippen molar-refractivity contribution in [1.29, 1.82) is 0 Å². The van der Waals surface area contributed by atoms with Crippen LogP contribution >= 0.6 is 11.8 Å². The van der Waals surface area contributed by atoms with Crippen molar-refractivity contribution in [3.05, 3.63) is 6.07 Å². The molecule has 0 atom stereocenters. The van der Waals surface area contributed by atoms with Crippen LogP contribution in [0.1, 0.15) is 19.8 Å². The van der Waals surface area contributed by atoms with Crippen LogP contribution in [0.4, 0.5) is 11.6 Å². The van der Waals surface area contributed by atoms with Crippen molar-refractivity contribution in [1.82, 2.24) is 9.97 Å². The molecule has 0 aromatic carbocycles. The number of hydrogen-bond acceptors (Lipinski definition) is 5. The smallest absolute Gasteiger partial charge is 0.191 e. The molecule has 0 saturated heterocycles. The normalized spacial score (nSPS) is 17.9. The zero-order valence-corrected chi connectivity index (χ0v) is 9.19. The first-order valence-corrected chi connectivity index (χ1v) is 5.80. The first-order chi connectivity index (χ1) is 6.61. The first-order valence-electron chi connectivity index (χ1n) is 4.58. The number of thioether (sulfide) groups is 1. The third-order valence-electron chi connectivity index (χ3n) is 2.34. The third-order valence-corrected chi connectivity index (χ3v) is 2.89. The highest BCUT2D eigenvalue weighted by Gasteiger charge is 2.37. The van der Waals surface area contributed by atoms with E-state index in [0.717, 1.165) is 11.0 Å². The quantitative estimate of drug-likeness (QED) is 0.587. The van der Waals surface area contributed by atoms with Gasteiger partial charge in [0.25, 0.3) is 0 Å². The molecule has 1 aliphatic carbocycles. The predicted octanol–water partition coefficient (Wildman–Crippen LogP) is 1.75. The van der Waals surface area contributed by atoms with E-state index in [1.807, 2.05) is 6.26 Å². The molecule has 14 heavy (non-hydrogen) atoms. The number of nitrogens with two attached hydrogens (primary N) is 1. The van der Waals surface area contributed by atoms with E-state index in [1.165, 1.54) is 24.6 Å². The van der Waals surface area contributed by atoms with Crippen LogP contribution in [0, 0.1) is 0 Å². The molecule has 0 amide bonds. The zero-order valence-electron chi connectivity index (χ0n) is 8.37. The Kier molecular flexibility index (Phi) is 2.26. The lowest BCUT2D eigenvalue weighted by molar-refractivity contribution is 0.810. The number of anilines is 2. The summed E-state index contributed by atoms with van der Waals surface area (Å²) in [5.41, 5.74) is 5.90. The van der Waals surface area contributed by atoms with E-state index in [1.54, 1.807) is 6.07 Å². The average Bonchev–Trinajstić information content (AvgIpc) is 2.82. The van der Waals surface area contributed by atoms with E-state index in [-0.39, 0.29) is 5.54 Å². The van der Waals surface area contributed by atoms with Gasteiger partial charge in [0, 0.05) is 11.6 Å². The largest absolute Gasteiger partial charge is 0.383 e. The van der Waals surface area contributed by atoms with Gasteiger partial charge in [0.1, 0.15) is 11.6 Å². The molecule has 5 heteroatoms. The Morgan fingerprint density at radius 1 is 1.50 bits per heavy atom. The van der Waals surface area contributed by atoms with Gasteiger partial charge < -0.3 is 11.1 Å². The lowest BCUT2D eigenvalue weighted by Crippen LogP contribution is -2.17. The molecule has 0 radical (unpaired) electrons. The van der Waals surface area contributed by atoms with E-state index in [2.05, 4.69) is 22.2 Å². The Morgan fingerprint density at radius 3 is 2.79 bits per heavy atom. The van der Waals surface area contributed by atoms with Gasteiger partial charge >= 0.3 is 0 Å². The Morgan fingerprint density at radius 2 is 2.21 bits per heavy atom. The van der Waals surface area contributed by atoms with E-state index in [4.69, 9.17) is 5.73 Å². The number of hydrogen-bond donors (Lipinski definition) is 2. The number of aromatic nitrogens is 2. The van der Waals surface area contributed by atoms with Crippen molar-refractivity contribution in [2.24, 2.45) is 0 Å². The number of nitrogens with zero attached hydrogens (tertiary/aromatic N) is 2. The van der Waals surface area contributed by atoms with Gasteiger partial charge in [-0.05, 0) is 26.0 Å². The van der Waals surface area contributed by atoms with Crippen LogP contribution in [0.15, 0.2) is 11.2 Å². The van der Waals surface area contributed by atoms with Gasteiger partial charge in [0.05, 0.1) is 0 Å². The highest BCUT2D eigenvalue weighted by Crippen LogP contribution is 2.37. The molecule has 1 heterocycles. The fourth-order valence-electron chi connectivity index (χ4n) is 1.22. The summed E-state index contributed by atoms with van der Waals surface area (Å²) in [4.78, 5) is 8.43. The predicted molar refractivity (Wildman–Crippen MR) is 59.5 cm³/mol. The Bertz CT molecular complexity index is 349. The summed E-state index contributed by atoms with van der Waals surface area (Å²) in [6.07, 6.45) is 4.34. The number of rotatable bonds is 3. The zero-order chi connectivity index (χ0) is 10.2. The Labute approximate surface area is 87.7 Å². The molecular weight excluding hydrogens is 196 g/mol. The molecule has 76 valence electrons. The molecule has 3 N–H and O–H groups in total. The monoisotopic (exact) mass is 210 g/mol. The maximum Gasteiger partial charge on any atom is 0.191 e. The molecule has 4 nitrogen and oxygen atoms in total. The molecule has 0 bridgehead atoms. The second kappa shape index (κ2) is 3.31. The van der Waals surface area contributed by atoms with Crippen LogP contribution in [-0.4, -0.2) is 21.8 Å². The summed E-state index contributed by atoms with van der Waals surface area (Å²) in [5.74, 6) is 1.36. The molecule has 1 saturated carbocycles. The number of nitrogens with one attached hydrogen (secondary N) is 1. The van der Waals surface area contributed by atoms with E-state index in [0.29, 0.717) is 5.82 Å². The van der Waals surface area contributed by atoms with Gasteiger partial charge in [-0.1, -0.05) is 11.8 Å². The molecule has 1 fully saturated rings. The molecule has 0 aliphatic heterocycles. The van der Waals surface area contributed by atoms with Gasteiger partial charge in [0.15, 0.2) is 5.16 Å². The van der Waals surface area contributed by atoms with E-state index in [9.17, 15) is 0 Å². The highest BCUT2D eigenvalue weighted by molar-refractivity contribution is 7.98. The van der Waals surface area contributed by atoms with Crippen LogP contribution in [0.3, 0.4) is 0 Å². The van der Waals surface area contributed by atoms with Crippen LogP contribution in [-0.2, 0) is 0 Å². The summed E-state index contributed by atoms with van der Waals surface area (Å²) in [5, 5.41) is 4.08. The minimum atomic E-state index is 0.233. The second-order valence-electron chi connectivity index (χ2n) is 3.85. The van der Waals surface area contributed by atoms with Crippen molar-refractivity contribution in [2.75, 3.05) is 17.3 Å². The van der Waals surface area contributed by atoms with Crippen molar-refractivity contribution in [3.8, 4) is 0 Å². The SMILES string of the molecule is CSc1nc(N)cc(NC2(C)CC2)n1. The lowest BCUT2D eigenvalue weighted by atomic mass is 10.3. The van der Waals surface area contributed by atoms with Gasteiger partial charge in [0.2, 0.25) is 0 Å². The summed E-state index contributed by atoms with van der Waals surface area (Å²) < 4.78 is 0. The van der Waals surface area contributed by atoms with Crippen molar-refractivity contribution in [2.45, 2.75) is 30.5 Å². The van der Waals surface area contributed by atoms with Gasteiger partial charge in [-0.3, -0.25) is 0 Å². The third kappa shape index (κ3) is 2.09. The molecule has 1 aromatic rings. The summed E-state index contributed by atoms with van der Waals surface area (Å²) in [6.45, 7) is 2.18. The fraction of sp³-hybridized carbons (Fsp3) is 0.556. The van der Waals surface area contributed by atoms with E-state index < -0.39 is 0 Å². The fourth-order valence-corrected chi connectivity index (χ4v) is 1.61. The molecule has 1 aliphatic rings. The van der Waals surface area contributed by atoms with Gasteiger partial charge in [-0.2, -0.15) is 0 Å². The van der Waals surface area contributed by atoms with Crippen molar-refractivity contribution < 1.29 is 0 Å². The topological polar surface area (TPSA) is 63.8 Å². The summed E-state index contributed by atoms with van der Waals surface area (Å²) >= 11 is 1.50. The van der Waals surface area contributed by atoms with Gasteiger partial charge in [-0.15, -0.1) is 0 Å². The lowest BCUT2D eigenvalue weighted by Gasteiger charge is -2.12. The summed E-state index contributed by atoms with van der Waals surface area (Å²) in [7, 11) is 0. The molecule has 0 unspecified atom stereocenters. The van der Waals surface area contributed by atoms with Crippen LogP contribution < -0.4 is 11.1 Å². The maximum absolute atomic E-state index is 5.67. The van der Waals surface area contributed by atoms with Crippen molar-refractivity contribution in [3.63, 3.8) is 0 Å². The van der Waals surface area contributed by atoms with Gasteiger partial charge in [-0.25, -0.2) is 9.97 Å². The minimum Gasteiger partial charge on any atom is -0.383 e.